The molecule has 0 aromatic rings. The van der Waals surface area contributed by atoms with E-state index in [-0.39, 0.29) is 35.5 Å². The van der Waals surface area contributed by atoms with E-state index in [0.29, 0.717) is 5.41 Å². The fraction of sp³-hybridized carbons (Fsp3) is 0.947. The Morgan fingerprint density at radius 2 is 1.80 bits per heavy atom. The van der Waals surface area contributed by atoms with Gasteiger partial charge in [-0.1, -0.05) is 33.6 Å². The van der Waals surface area contributed by atoms with Gasteiger partial charge in [0.25, 0.3) is 0 Å². The highest BCUT2D eigenvalue weighted by molar-refractivity contribution is 14.0. The van der Waals surface area contributed by atoms with Crippen molar-refractivity contribution < 1.29 is 9.47 Å². The number of methoxy groups -OCH3 is 2. The molecular weight excluding hydrogens is 429 g/mol. The third-order valence-electron chi connectivity index (χ3n) is 5.12. The van der Waals surface area contributed by atoms with Crippen molar-refractivity contribution in [2.45, 2.75) is 65.9 Å². The largest absolute Gasteiger partial charge is 0.385 e. The van der Waals surface area contributed by atoms with E-state index in [9.17, 15) is 0 Å². The summed E-state index contributed by atoms with van der Waals surface area (Å²) >= 11 is 0. The first-order valence-corrected chi connectivity index (χ1v) is 9.41. The normalized spacial score (nSPS) is 18.6. The Labute approximate surface area is 172 Å². The molecule has 25 heavy (non-hydrogen) atoms. The van der Waals surface area contributed by atoms with Gasteiger partial charge in [0, 0.05) is 40.5 Å². The number of ether oxygens (including phenoxy) is 2. The van der Waals surface area contributed by atoms with Crippen LogP contribution in [0.15, 0.2) is 4.99 Å². The third-order valence-corrected chi connectivity index (χ3v) is 5.12. The summed E-state index contributed by atoms with van der Waals surface area (Å²) in [6, 6.07) is 0. The van der Waals surface area contributed by atoms with Crippen molar-refractivity contribution in [2.75, 3.05) is 40.5 Å². The molecule has 0 saturated heterocycles. The van der Waals surface area contributed by atoms with Crippen LogP contribution in [0.2, 0.25) is 0 Å². The molecule has 150 valence electrons. The SMILES string of the molecule is CCNC(=NCC1(CCOC)CCCC1)NCC(OC)C(C)(C)C.I. The van der Waals surface area contributed by atoms with Crippen LogP contribution in [0.3, 0.4) is 0 Å². The summed E-state index contributed by atoms with van der Waals surface area (Å²) in [5, 5.41) is 6.82. The molecule has 0 bridgehead atoms. The second-order valence-corrected chi connectivity index (χ2v) is 8.12. The van der Waals surface area contributed by atoms with Gasteiger partial charge in [0.05, 0.1) is 6.10 Å². The van der Waals surface area contributed by atoms with Crippen molar-refractivity contribution in [1.82, 2.24) is 10.6 Å². The second kappa shape index (κ2) is 12.3. The van der Waals surface area contributed by atoms with Crippen LogP contribution < -0.4 is 10.6 Å². The minimum absolute atomic E-state index is 0. The van der Waals surface area contributed by atoms with Gasteiger partial charge in [0.15, 0.2) is 5.96 Å². The van der Waals surface area contributed by atoms with Crippen molar-refractivity contribution >= 4 is 29.9 Å². The first-order chi connectivity index (χ1) is 11.4. The lowest BCUT2D eigenvalue weighted by Crippen LogP contribution is -2.45. The average Bonchev–Trinajstić information content (AvgIpc) is 2.99. The predicted octanol–water partition coefficient (Wildman–Crippen LogP) is 3.82. The van der Waals surface area contributed by atoms with E-state index in [1.165, 1.54) is 25.7 Å². The lowest BCUT2D eigenvalue weighted by molar-refractivity contribution is 0.0205. The fourth-order valence-electron chi connectivity index (χ4n) is 3.45. The third kappa shape index (κ3) is 8.91. The summed E-state index contributed by atoms with van der Waals surface area (Å²) in [5.74, 6) is 0.896. The van der Waals surface area contributed by atoms with Crippen LogP contribution in [0.25, 0.3) is 0 Å². The standard InChI is InChI=1S/C19H39N3O2.HI/c1-7-20-17(21-14-16(24-6)18(2,3)4)22-15-19(12-13-23-5)10-8-9-11-19;/h16H,7-15H2,1-6H3,(H2,20,21,22);1H. The van der Waals surface area contributed by atoms with E-state index in [2.05, 4.69) is 38.3 Å². The molecule has 0 radical (unpaired) electrons. The molecule has 1 aliphatic rings. The van der Waals surface area contributed by atoms with E-state index in [4.69, 9.17) is 14.5 Å². The van der Waals surface area contributed by atoms with Crippen molar-refractivity contribution in [3.8, 4) is 0 Å². The van der Waals surface area contributed by atoms with Gasteiger partial charge in [-0.25, -0.2) is 0 Å². The van der Waals surface area contributed by atoms with Crippen LogP contribution in [-0.4, -0.2) is 52.5 Å². The van der Waals surface area contributed by atoms with Gasteiger partial charge in [0.2, 0.25) is 0 Å². The Balaban J connectivity index is 0.00000576. The molecule has 1 saturated carbocycles. The highest BCUT2D eigenvalue weighted by Gasteiger charge is 2.33. The monoisotopic (exact) mass is 469 g/mol. The maximum atomic E-state index is 5.63. The van der Waals surface area contributed by atoms with E-state index < -0.39 is 0 Å². The predicted molar refractivity (Wildman–Crippen MR) is 117 cm³/mol. The number of rotatable bonds is 9. The van der Waals surface area contributed by atoms with Gasteiger partial charge in [-0.15, -0.1) is 24.0 Å². The van der Waals surface area contributed by atoms with Crippen molar-refractivity contribution in [3.63, 3.8) is 0 Å². The minimum atomic E-state index is 0. The molecule has 2 N–H and O–H groups in total. The number of nitrogens with zero attached hydrogens (tertiary/aromatic N) is 1. The van der Waals surface area contributed by atoms with Gasteiger partial charge in [-0.05, 0) is 37.0 Å². The molecule has 1 rings (SSSR count). The Bertz CT molecular complexity index is 377. The lowest BCUT2D eigenvalue weighted by atomic mass is 9.83. The van der Waals surface area contributed by atoms with Crippen LogP contribution >= 0.6 is 24.0 Å². The number of guanidine groups is 1. The summed E-state index contributed by atoms with van der Waals surface area (Å²) in [6.07, 6.45) is 6.42. The Kier molecular flexibility index (Phi) is 12.3. The molecule has 0 aromatic heterocycles. The maximum absolute atomic E-state index is 5.63. The van der Waals surface area contributed by atoms with Gasteiger partial charge in [-0.3, -0.25) is 4.99 Å². The summed E-state index contributed by atoms with van der Waals surface area (Å²) in [5.41, 5.74) is 0.424. The Morgan fingerprint density at radius 1 is 1.16 bits per heavy atom. The van der Waals surface area contributed by atoms with E-state index in [0.717, 1.165) is 38.6 Å². The molecule has 0 amide bonds. The fourth-order valence-corrected chi connectivity index (χ4v) is 3.45. The summed E-state index contributed by atoms with van der Waals surface area (Å²) in [7, 11) is 3.56. The molecule has 1 atom stereocenters. The smallest absolute Gasteiger partial charge is 0.191 e. The molecule has 0 heterocycles. The maximum Gasteiger partial charge on any atom is 0.191 e. The van der Waals surface area contributed by atoms with Crippen molar-refractivity contribution in [3.05, 3.63) is 0 Å². The number of hydrogen-bond donors (Lipinski definition) is 2. The summed E-state index contributed by atoms with van der Waals surface area (Å²) in [6.45, 7) is 12.0. The molecular formula is C19H40IN3O2. The second-order valence-electron chi connectivity index (χ2n) is 8.12. The number of aliphatic imine (C=N–C) groups is 1. The molecule has 1 unspecified atom stereocenters. The van der Waals surface area contributed by atoms with Crippen LogP contribution in [0.4, 0.5) is 0 Å². The van der Waals surface area contributed by atoms with E-state index in [1.54, 1.807) is 14.2 Å². The number of hydrogen-bond acceptors (Lipinski definition) is 3. The van der Waals surface area contributed by atoms with Crippen LogP contribution in [0.5, 0.6) is 0 Å². The summed E-state index contributed by atoms with van der Waals surface area (Å²) in [4.78, 5) is 4.89. The molecule has 0 aliphatic heterocycles. The molecule has 1 aliphatic carbocycles. The Morgan fingerprint density at radius 3 is 2.28 bits per heavy atom. The molecule has 1 fully saturated rings. The zero-order chi connectivity index (χ0) is 18.1. The van der Waals surface area contributed by atoms with Crippen molar-refractivity contribution in [2.24, 2.45) is 15.8 Å². The highest BCUT2D eigenvalue weighted by Crippen LogP contribution is 2.41. The summed E-state index contributed by atoms with van der Waals surface area (Å²) < 4.78 is 11.0. The van der Waals surface area contributed by atoms with E-state index >= 15 is 0 Å². The highest BCUT2D eigenvalue weighted by atomic mass is 127. The molecule has 0 spiro atoms. The van der Waals surface area contributed by atoms with Crippen molar-refractivity contribution in [1.29, 1.82) is 0 Å². The average molecular weight is 469 g/mol. The minimum Gasteiger partial charge on any atom is -0.385 e. The zero-order valence-electron chi connectivity index (χ0n) is 17.1. The first kappa shape index (κ1) is 24.9. The van der Waals surface area contributed by atoms with Crippen LogP contribution in [0.1, 0.15) is 59.8 Å². The van der Waals surface area contributed by atoms with Gasteiger partial charge < -0.3 is 20.1 Å². The lowest BCUT2D eigenvalue weighted by Gasteiger charge is -2.30. The number of halogens is 1. The number of nitrogens with one attached hydrogen (secondary N) is 2. The van der Waals surface area contributed by atoms with Crippen LogP contribution in [-0.2, 0) is 9.47 Å². The van der Waals surface area contributed by atoms with Gasteiger partial charge in [-0.2, -0.15) is 0 Å². The first-order valence-electron chi connectivity index (χ1n) is 9.41. The van der Waals surface area contributed by atoms with E-state index in [1.807, 2.05) is 0 Å². The molecule has 5 nitrogen and oxygen atoms in total. The van der Waals surface area contributed by atoms with Gasteiger partial charge in [0.1, 0.15) is 0 Å². The topological polar surface area (TPSA) is 54.9 Å². The van der Waals surface area contributed by atoms with Crippen LogP contribution in [0, 0.1) is 10.8 Å². The quantitative estimate of drug-likeness (QED) is 0.306. The molecule has 0 aromatic carbocycles. The van der Waals surface area contributed by atoms with Gasteiger partial charge >= 0.3 is 0 Å². The molecule has 6 heteroatoms. The Hall–Kier alpha value is -0.0800. The zero-order valence-corrected chi connectivity index (χ0v) is 19.4.